The van der Waals surface area contributed by atoms with Gasteiger partial charge in [-0.2, -0.15) is 13.2 Å². The lowest BCUT2D eigenvalue weighted by molar-refractivity contribution is -0.138. The molecule has 15 heavy (non-hydrogen) atoms. The van der Waals surface area contributed by atoms with E-state index in [0.29, 0.717) is 12.4 Å². The predicted octanol–water partition coefficient (Wildman–Crippen LogP) is 2.50. The zero-order chi connectivity index (χ0) is 11.6. The van der Waals surface area contributed by atoms with Gasteiger partial charge in [0.1, 0.15) is 0 Å². The second-order valence-electron chi connectivity index (χ2n) is 2.76. The number of hydrogen-bond donors (Lipinski definition) is 1. The second-order valence-corrected chi connectivity index (χ2v) is 2.76. The third kappa shape index (κ3) is 2.41. The van der Waals surface area contributed by atoms with Crippen LogP contribution in [0.5, 0.6) is 0 Å². The van der Waals surface area contributed by atoms with Crippen LogP contribution >= 0.6 is 0 Å². The van der Waals surface area contributed by atoms with Crippen molar-refractivity contribution in [1.82, 2.24) is 4.98 Å². The summed E-state index contributed by atoms with van der Waals surface area (Å²) in [5.74, 6) is 0. The van der Waals surface area contributed by atoms with Gasteiger partial charge in [0.25, 0.3) is 6.43 Å². The van der Waals surface area contributed by atoms with E-state index in [9.17, 15) is 22.0 Å². The van der Waals surface area contributed by atoms with Crippen LogP contribution in [-0.2, 0) is 12.7 Å². The van der Waals surface area contributed by atoms with Crippen molar-refractivity contribution in [2.24, 2.45) is 5.73 Å². The Morgan fingerprint density at radius 3 is 2.27 bits per heavy atom. The van der Waals surface area contributed by atoms with Gasteiger partial charge in [-0.25, -0.2) is 8.78 Å². The first-order chi connectivity index (χ1) is 6.88. The van der Waals surface area contributed by atoms with Gasteiger partial charge in [0.05, 0.1) is 5.56 Å². The van der Waals surface area contributed by atoms with Gasteiger partial charge in [-0.05, 0) is 5.56 Å². The van der Waals surface area contributed by atoms with Gasteiger partial charge in [0.15, 0.2) is 0 Å². The fraction of sp³-hybridized carbons (Fsp3) is 0.375. The van der Waals surface area contributed by atoms with Crippen molar-refractivity contribution >= 4 is 0 Å². The molecule has 0 saturated carbocycles. The van der Waals surface area contributed by atoms with Gasteiger partial charge in [0, 0.05) is 24.5 Å². The molecule has 0 aliphatic carbocycles. The summed E-state index contributed by atoms with van der Waals surface area (Å²) in [4.78, 5) is 3.13. The molecule has 1 aromatic rings. The quantitative estimate of drug-likeness (QED) is 0.787. The Morgan fingerprint density at radius 1 is 1.27 bits per heavy atom. The van der Waals surface area contributed by atoms with Crippen molar-refractivity contribution in [3.63, 3.8) is 0 Å². The highest BCUT2D eigenvalue weighted by Gasteiger charge is 2.35. The molecule has 7 heteroatoms. The monoisotopic (exact) mass is 226 g/mol. The standard InChI is InChI=1S/C8H7F5N2/c9-7(10)5-2-15-3-6(4(5)1-14)8(11,12)13/h2-3,7H,1,14H2. The Hall–Kier alpha value is -1.24. The van der Waals surface area contributed by atoms with Gasteiger partial charge < -0.3 is 5.73 Å². The van der Waals surface area contributed by atoms with E-state index in [4.69, 9.17) is 5.73 Å². The Bertz CT molecular complexity index is 347. The lowest BCUT2D eigenvalue weighted by atomic mass is 10.0. The maximum Gasteiger partial charge on any atom is 0.418 e. The molecule has 0 radical (unpaired) electrons. The minimum absolute atomic E-state index is 0.494. The van der Waals surface area contributed by atoms with E-state index in [-0.39, 0.29) is 0 Å². The molecule has 0 aliphatic rings. The smallest absolute Gasteiger partial charge is 0.326 e. The summed E-state index contributed by atoms with van der Waals surface area (Å²) in [5.41, 5.74) is 2.44. The fourth-order valence-electron chi connectivity index (χ4n) is 1.16. The van der Waals surface area contributed by atoms with E-state index in [1.165, 1.54) is 0 Å². The third-order valence-corrected chi connectivity index (χ3v) is 1.84. The average molecular weight is 226 g/mol. The Balaban J connectivity index is 3.35. The van der Waals surface area contributed by atoms with Gasteiger partial charge in [-0.15, -0.1) is 0 Å². The van der Waals surface area contributed by atoms with Crippen LogP contribution in [0.2, 0.25) is 0 Å². The normalized spacial score (nSPS) is 12.2. The van der Waals surface area contributed by atoms with Crippen LogP contribution in [0.15, 0.2) is 12.4 Å². The maximum atomic E-state index is 12.3. The molecular weight excluding hydrogens is 219 g/mol. The molecule has 0 unspecified atom stereocenters. The summed E-state index contributed by atoms with van der Waals surface area (Å²) >= 11 is 0. The van der Waals surface area contributed by atoms with Crippen LogP contribution in [0.4, 0.5) is 22.0 Å². The minimum Gasteiger partial charge on any atom is -0.326 e. The number of nitrogens with zero attached hydrogens (tertiary/aromatic N) is 1. The van der Waals surface area contributed by atoms with Crippen LogP contribution in [0.1, 0.15) is 23.1 Å². The van der Waals surface area contributed by atoms with Crippen molar-refractivity contribution < 1.29 is 22.0 Å². The van der Waals surface area contributed by atoms with Gasteiger partial charge in [-0.1, -0.05) is 0 Å². The largest absolute Gasteiger partial charge is 0.418 e. The summed E-state index contributed by atoms with van der Waals surface area (Å²) in [5, 5.41) is 0. The number of aromatic nitrogens is 1. The number of nitrogens with two attached hydrogens (primary N) is 1. The molecule has 0 atom stereocenters. The first-order valence-electron chi connectivity index (χ1n) is 3.90. The first-order valence-corrected chi connectivity index (χ1v) is 3.90. The van der Waals surface area contributed by atoms with Crippen molar-refractivity contribution in [1.29, 1.82) is 0 Å². The SMILES string of the molecule is NCc1c(C(F)F)cncc1C(F)(F)F. The summed E-state index contributed by atoms with van der Waals surface area (Å²) in [6, 6.07) is 0. The third-order valence-electron chi connectivity index (χ3n) is 1.84. The zero-order valence-electron chi connectivity index (χ0n) is 7.35. The molecule has 1 aromatic heterocycles. The van der Waals surface area contributed by atoms with Crippen LogP contribution < -0.4 is 5.73 Å². The zero-order valence-corrected chi connectivity index (χ0v) is 7.35. The minimum atomic E-state index is -4.72. The van der Waals surface area contributed by atoms with Crippen LogP contribution in [0, 0.1) is 0 Å². The second kappa shape index (κ2) is 4.09. The molecule has 1 heterocycles. The average Bonchev–Trinajstić information content (AvgIpc) is 2.15. The van der Waals surface area contributed by atoms with E-state index in [2.05, 4.69) is 4.98 Å². The van der Waals surface area contributed by atoms with E-state index in [1.807, 2.05) is 0 Å². The highest BCUT2D eigenvalue weighted by molar-refractivity contribution is 5.34. The molecule has 0 bridgehead atoms. The number of alkyl halides is 5. The lowest BCUT2D eigenvalue weighted by Crippen LogP contribution is -2.15. The molecular formula is C8H7F5N2. The van der Waals surface area contributed by atoms with Gasteiger partial charge in [0.2, 0.25) is 0 Å². The highest BCUT2D eigenvalue weighted by atomic mass is 19.4. The molecule has 2 nitrogen and oxygen atoms in total. The van der Waals surface area contributed by atoms with E-state index >= 15 is 0 Å². The Morgan fingerprint density at radius 2 is 1.87 bits per heavy atom. The predicted molar refractivity (Wildman–Crippen MR) is 42.1 cm³/mol. The van der Waals surface area contributed by atoms with Crippen LogP contribution in [0.25, 0.3) is 0 Å². The number of pyridine rings is 1. The molecule has 84 valence electrons. The topological polar surface area (TPSA) is 38.9 Å². The van der Waals surface area contributed by atoms with Crippen molar-refractivity contribution in [3.05, 3.63) is 29.1 Å². The number of halogens is 5. The van der Waals surface area contributed by atoms with Gasteiger partial charge in [-0.3, -0.25) is 4.98 Å². The number of rotatable bonds is 2. The summed E-state index contributed by atoms with van der Waals surface area (Å²) < 4.78 is 61.7. The molecule has 0 saturated heterocycles. The summed E-state index contributed by atoms with van der Waals surface area (Å²) in [6.45, 7) is -0.600. The molecule has 0 amide bonds. The fourth-order valence-corrected chi connectivity index (χ4v) is 1.16. The molecule has 0 spiro atoms. The van der Waals surface area contributed by atoms with E-state index in [1.54, 1.807) is 0 Å². The summed E-state index contributed by atoms with van der Waals surface area (Å²) in [6.07, 6.45) is -6.54. The van der Waals surface area contributed by atoms with Crippen LogP contribution in [-0.4, -0.2) is 4.98 Å². The van der Waals surface area contributed by atoms with E-state index < -0.39 is 35.8 Å². The molecule has 0 aliphatic heterocycles. The maximum absolute atomic E-state index is 12.3. The van der Waals surface area contributed by atoms with Crippen molar-refractivity contribution in [2.45, 2.75) is 19.1 Å². The lowest BCUT2D eigenvalue weighted by Gasteiger charge is -2.14. The van der Waals surface area contributed by atoms with Gasteiger partial charge >= 0.3 is 6.18 Å². The molecule has 2 N–H and O–H groups in total. The molecule has 1 rings (SSSR count). The Labute approximate surface area is 81.9 Å². The van der Waals surface area contributed by atoms with Crippen molar-refractivity contribution in [3.8, 4) is 0 Å². The van der Waals surface area contributed by atoms with E-state index in [0.717, 1.165) is 0 Å². The number of hydrogen-bond acceptors (Lipinski definition) is 2. The van der Waals surface area contributed by atoms with Crippen molar-refractivity contribution in [2.75, 3.05) is 0 Å². The Kier molecular flexibility index (Phi) is 3.23. The van der Waals surface area contributed by atoms with Crippen LogP contribution in [0.3, 0.4) is 0 Å². The first kappa shape index (κ1) is 11.8. The molecule has 0 fully saturated rings. The highest BCUT2D eigenvalue weighted by Crippen LogP contribution is 2.34. The molecule has 0 aromatic carbocycles. The summed E-state index contributed by atoms with van der Waals surface area (Å²) in [7, 11) is 0.